The molecule has 4 N–H and O–H groups in total. The molecule has 2 unspecified atom stereocenters. The highest BCUT2D eigenvalue weighted by atomic mass is 16.5. The van der Waals surface area contributed by atoms with Crippen LogP contribution < -0.4 is 10.6 Å². The van der Waals surface area contributed by atoms with Crippen LogP contribution in [0.5, 0.6) is 0 Å². The summed E-state index contributed by atoms with van der Waals surface area (Å²) in [5.41, 5.74) is 0. The fraction of sp³-hybridized carbons (Fsp3) is 0.707. The molecule has 0 aromatic rings. The van der Waals surface area contributed by atoms with Gasteiger partial charge in [-0.15, -0.1) is 0 Å². The van der Waals surface area contributed by atoms with Crippen LogP contribution in [-0.4, -0.2) is 59.3 Å². The number of carboxylic acid groups (broad SMARTS) is 1. The minimum atomic E-state index is -1.39. The number of esters is 1. The molecule has 9 nitrogen and oxygen atoms in total. The number of nitrogens with one attached hydrogen (secondary N) is 2. The maximum atomic E-state index is 12.7. The number of ether oxygens (including phenoxy) is 1. The number of hydrogen-bond donors (Lipinski definition) is 4. The fourth-order valence-corrected chi connectivity index (χ4v) is 5.28. The Morgan fingerprint density at radius 1 is 0.640 bits per heavy atom. The first-order chi connectivity index (χ1) is 24.3. The fourth-order valence-electron chi connectivity index (χ4n) is 5.28. The molecule has 0 saturated heterocycles. The van der Waals surface area contributed by atoms with E-state index in [-0.39, 0.29) is 30.9 Å². The highest BCUT2D eigenvalue weighted by molar-refractivity contribution is 5.87. The molecular weight excluding hydrogens is 632 g/mol. The molecule has 0 aromatic carbocycles. The Morgan fingerprint density at radius 2 is 1.20 bits per heavy atom. The van der Waals surface area contributed by atoms with E-state index >= 15 is 0 Å². The number of aliphatic carboxylic acids is 1. The lowest BCUT2D eigenvalue weighted by Crippen LogP contribution is -2.47. The van der Waals surface area contributed by atoms with Crippen LogP contribution in [0.25, 0.3) is 0 Å². The third-order valence-electron chi connectivity index (χ3n) is 8.29. The van der Waals surface area contributed by atoms with Gasteiger partial charge >= 0.3 is 11.9 Å². The first-order valence-corrected chi connectivity index (χ1v) is 19.5. The van der Waals surface area contributed by atoms with Crippen LogP contribution in [0.1, 0.15) is 162 Å². The molecule has 0 aliphatic rings. The third kappa shape index (κ3) is 32.0. The van der Waals surface area contributed by atoms with Gasteiger partial charge in [0.25, 0.3) is 0 Å². The molecule has 2 amide bonds. The number of allylic oxidation sites excluding steroid dienone is 7. The van der Waals surface area contributed by atoms with E-state index in [9.17, 15) is 19.2 Å². The number of aliphatic hydroxyl groups is 1. The Kier molecular flexibility index (Phi) is 33.3. The van der Waals surface area contributed by atoms with Crippen molar-refractivity contribution in [3.63, 3.8) is 0 Å². The largest absolute Gasteiger partial charge is 0.480 e. The Labute approximate surface area is 303 Å². The number of aliphatic hydroxyl groups excluding tert-OH is 1. The minimum absolute atomic E-state index is 0.130. The second-order valence-corrected chi connectivity index (χ2v) is 13.0. The molecule has 9 heteroatoms. The van der Waals surface area contributed by atoms with Crippen LogP contribution >= 0.6 is 0 Å². The molecule has 0 spiro atoms. The molecule has 0 saturated carbocycles. The molecule has 0 aromatic heterocycles. The van der Waals surface area contributed by atoms with E-state index in [0.717, 1.165) is 83.5 Å². The van der Waals surface area contributed by atoms with Crippen LogP contribution in [0.15, 0.2) is 48.6 Å². The Bertz CT molecular complexity index is 989. The van der Waals surface area contributed by atoms with E-state index in [0.29, 0.717) is 12.8 Å². The maximum Gasteiger partial charge on any atom is 0.328 e. The molecule has 0 rings (SSSR count). The number of unbranched alkanes of at least 4 members (excludes halogenated alkanes) is 14. The van der Waals surface area contributed by atoms with Gasteiger partial charge in [-0.1, -0.05) is 121 Å². The minimum Gasteiger partial charge on any atom is -0.480 e. The quantitative estimate of drug-likeness (QED) is 0.0298. The van der Waals surface area contributed by atoms with E-state index < -0.39 is 24.5 Å². The van der Waals surface area contributed by atoms with Gasteiger partial charge in [0.05, 0.1) is 13.2 Å². The lowest BCUT2D eigenvalue weighted by atomic mass is 10.1. The zero-order chi connectivity index (χ0) is 36.9. The summed E-state index contributed by atoms with van der Waals surface area (Å²) >= 11 is 0. The first-order valence-electron chi connectivity index (χ1n) is 19.5. The van der Waals surface area contributed by atoms with Crippen LogP contribution in [-0.2, 0) is 23.9 Å². The van der Waals surface area contributed by atoms with Crippen LogP contribution in [0.4, 0.5) is 0 Å². The van der Waals surface area contributed by atoms with E-state index in [1.165, 1.54) is 44.9 Å². The smallest absolute Gasteiger partial charge is 0.328 e. The molecule has 0 radical (unpaired) electrons. The van der Waals surface area contributed by atoms with E-state index in [2.05, 4.69) is 73.1 Å². The predicted octanol–water partition coefficient (Wildman–Crippen LogP) is 8.81. The average molecular weight is 703 g/mol. The van der Waals surface area contributed by atoms with Gasteiger partial charge in [-0.3, -0.25) is 14.4 Å². The average Bonchev–Trinajstić information content (AvgIpc) is 3.10. The molecule has 50 heavy (non-hydrogen) atoms. The molecule has 0 bridgehead atoms. The van der Waals surface area contributed by atoms with Gasteiger partial charge in [-0.2, -0.15) is 0 Å². The van der Waals surface area contributed by atoms with Crippen LogP contribution in [0.3, 0.4) is 0 Å². The lowest BCUT2D eigenvalue weighted by Gasteiger charge is -2.15. The summed E-state index contributed by atoms with van der Waals surface area (Å²) in [7, 11) is 0. The van der Waals surface area contributed by atoms with Crippen molar-refractivity contribution in [2.24, 2.45) is 0 Å². The standard InChI is InChI=1S/C41H70N2O7/c1-3-5-7-9-11-13-14-15-16-17-18-19-21-23-29-33-40(47)50-36(30-26-22-20-12-10-8-6-4-2)31-27-24-25-28-32-38(45)42-34-39(46)43-37(35-44)41(48)49/h5,7,11,13,15-16,26,30,36-37,44H,3-4,6,8-10,12,14,17-25,27-29,31-35H2,1-2H3,(H,42,45)(H,43,46)(H,48,49)/b7-5-,13-11-,16-15-,30-26-. The first kappa shape index (κ1) is 46.8. The molecule has 0 fully saturated rings. The van der Waals surface area contributed by atoms with Crippen molar-refractivity contribution in [1.29, 1.82) is 0 Å². The summed E-state index contributed by atoms with van der Waals surface area (Å²) in [6.07, 6.45) is 40.1. The van der Waals surface area contributed by atoms with Gasteiger partial charge in [0.1, 0.15) is 12.1 Å². The van der Waals surface area contributed by atoms with Crippen LogP contribution in [0.2, 0.25) is 0 Å². The van der Waals surface area contributed by atoms with Gasteiger partial charge in [0, 0.05) is 12.8 Å². The van der Waals surface area contributed by atoms with Gasteiger partial charge in [0.15, 0.2) is 0 Å². The van der Waals surface area contributed by atoms with Crippen molar-refractivity contribution in [2.75, 3.05) is 13.2 Å². The van der Waals surface area contributed by atoms with Crippen molar-refractivity contribution in [3.8, 4) is 0 Å². The summed E-state index contributed by atoms with van der Waals surface area (Å²) in [6.45, 7) is 3.31. The highest BCUT2D eigenvalue weighted by Crippen LogP contribution is 2.15. The van der Waals surface area contributed by atoms with Crippen molar-refractivity contribution in [3.05, 3.63) is 48.6 Å². The number of hydrogen-bond acceptors (Lipinski definition) is 6. The maximum absolute atomic E-state index is 12.7. The Hall–Kier alpha value is -3.20. The second kappa shape index (κ2) is 35.6. The van der Waals surface area contributed by atoms with Crippen molar-refractivity contribution >= 4 is 23.8 Å². The summed E-state index contributed by atoms with van der Waals surface area (Å²) in [5.74, 6) is -2.42. The molecule has 2 atom stereocenters. The topological polar surface area (TPSA) is 142 Å². The van der Waals surface area contributed by atoms with Gasteiger partial charge in [-0.25, -0.2) is 4.79 Å². The number of amides is 2. The highest BCUT2D eigenvalue weighted by Gasteiger charge is 2.18. The van der Waals surface area contributed by atoms with Gasteiger partial charge in [0.2, 0.25) is 11.8 Å². The number of carbonyl (C=O) groups excluding carboxylic acids is 3. The predicted molar refractivity (Wildman–Crippen MR) is 204 cm³/mol. The monoisotopic (exact) mass is 703 g/mol. The number of carbonyl (C=O) groups is 4. The Balaban J connectivity index is 4.33. The SMILES string of the molecule is CC/C=C\C/C=C\C/C=C\CCCCCCCC(=O)OC(/C=C\CCCCCCCC)CCCCCCC(=O)NCC(=O)NC(CO)C(=O)O. The normalized spacial score (nSPS) is 13.0. The molecule has 0 aliphatic carbocycles. The second-order valence-electron chi connectivity index (χ2n) is 13.0. The summed E-state index contributed by atoms with van der Waals surface area (Å²) < 4.78 is 5.88. The third-order valence-corrected chi connectivity index (χ3v) is 8.29. The van der Waals surface area contributed by atoms with E-state index in [1.54, 1.807) is 0 Å². The molecule has 0 aliphatic heterocycles. The number of carboxylic acids is 1. The molecule has 0 heterocycles. The van der Waals surface area contributed by atoms with Gasteiger partial charge < -0.3 is 25.6 Å². The van der Waals surface area contributed by atoms with E-state index in [1.807, 2.05) is 0 Å². The summed E-state index contributed by atoms with van der Waals surface area (Å²) in [4.78, 5) is 47.4. The van der Waals surface area contributed by atoms with Crippen molar-refractivity contribution in [2.45, 2.75) is 174 Å². The van der Waals surface area contributed by atoms with Gasteiger partial charge in [-0.05, 0) is 76.7 Å². The Morgan fingerprint density at radius 3 is 1.84 bits per heavy atom. The zero-order valence-corrected chi connectivity index (χ0v) is 31.4. The van der Waals surface area contributed by atoms with Crippen molar-refractivity contribution < 1.29 is 34.1 Å². The summed E-state index contributed by atoms with van der Waals surface area (Å²) in [5, 5.41) is 22.5. The van der Waals surface area contributed by atoms with E-state index in [4.69, 9.17) is 14.9 Å². The van der Waals surface area contributed by atoms with Crippen molar-refractivity contribution in [1.82, 2.24) is 10.6 Å². The zero-order valence-electron chi connectivity index (χ0n) is 31.4. The lowest BCUT2D eigenvalue weighted by molar-refractivity contribution is -0.147. The summed E-state index contributed by atoms with van der Waals surface area (Å²) in [6, 6.07) is -1.39. The molecular formula is C41H70N2O7. The van der Waals surface area contributed by atoms with Crippen LogP contribution in [0, 0.1) is 0 Å². The number of rotatable bonds is 34. The molecule has 286 valence electrons.